The Bertz CT molecular complexity index is 590. The molecule has 1 N–H and O–H groups in total. The Morgan fingerprint density at radius 3 is 2.85 bits per heavy atom. The van der Waals surface area contributed by atoms with Crippen molar-refractivity contribution in [3.63, 3.8) is 0 Å². The van der Waals surface area contributed by atoms with Crippen LogP contribution in [0.3, 0.4) is 0 Å². The number of nitrogens with one attached hydrogen (secondary N) is 1. The van der Waals surface area contributed by atoms with Crippen LogP contribution in [0.25, 0.3) is 0 Å². The molecule has 1 heterocycles. The first-order chi connectivity index (χ1) is 9.61. The second-order valence-electron chi connectivity index (χ2n) is 4.82. The fraction of sp³-hybridized carbons (Fsp3) is 0.333. The van der Waals surface area contributed by atoms with Crippen molar-refractivity contribution in [3.8, 4) is 5.75 Å². The number of imidazole rings is 1. The number of hydrogen-bond donors (Lipinski definition) is 1. The monoisotopic (exact) mass is 273 g/mol. The summed E-state index contributed by atoms with van der Waals surface area (Å²) in [7, 11) is 1.58. The maximum Gasteiger partial charge on any atom is 0.244 e. The lowest BCUT2D eigenvalue weighted by molar-refractivity contribution is -0.116. The smallest absolute Gasteiger partial charge is 0.244 e. The third-order valence-corrected chi connectivity index (χ3v) is 2.96. The Kier molecular flexibility index (Phi) is 4.40. The predicted molar refractivity (Wildman–Crippen MR) is 77.9 cm³/mol. The minimum atomic E-state index is -0.102. The van der Waals surface area contributed by atoms with Crippen LogP contribution in [0.4, 0.5) is 5.69 Å². The summed E-state index contributed by atoms with van der Waals surface area (Å²) in [5, 5.41) is 2.85. The molecule has 0 bridgehead atoms. The molecular formula is C15H19N3O2. The quantitative estimate of drug-likeness (QED) is 0.911. The maximum absolute atomic E-state index is 12.1. The summed E-state index contributed by atoms with van der Waals surface area (Å²) in [6.07, 6.45) is 3.53. The average molecular weight is 273 g/mol. The van der Waals surface area contributed by atoms with Gasteiger partial charge in [-0.05, 0) is 12.1 Å². The van der Waals surface area contributed by atoms with Crippen LogP contribution >= 0.6 is 0 Å². The van der Waals surface area contributed by atoms with Gasteiger partial charge in [-0.25, -0.2) is 4.98 Å². The normalized spacial score (nSPS) is 10.6. The summed E-state index contributed by atoms with van der Waals surface area (Å²) < 4.78 is 7.07. The number of aromatic nitrogens is 2. The lowest BCUT2D eigenvalue weighted by Gasteiger charge is -2.12. The standard InChI is InChI=1S/C15H19N3O2/c1-11(2)15-16-8-9-18(15)10-14(19)17-12-6-4-5-7-13(12)20-3/h4-9,11H,10H2,1-3H3,(H,17,19). The number of amides is 1. The summed E-state index contributed by atoms with van der Waals surface area (Å²) in [6, 6.07) is 7.34. The highest BCUT2D eigenvalue weighted by Crippen LogP contribution is 2.23. The zero-order chi connectivity index (χ0) is 14.5. The molecule has 0 aliphatic heterocycles. The summed E-state index contributed by atoms with van der Waals surface area (Å²) in [6.45, 7) is 4.35. The van der Waals surface area contributed by atoms with Crippen LogP contribution < -0.4 is 10.1 Å². The molecule has 0 radical (unpaired) electrons. The Balaban J connectivity index is 2.07. The van der Waals surface area contributed by atoms with E-state index in [-0.39, 0.29) is 18.4 Å². The zero-order valence-electron chi connectivity index (χ0n) is 12.0. The Labute approximate surface area is 118 Å². The number of para-hydroxylation sites is 2. The Morgan fingerprint density at radius 1 is 1.40 bits per heavy atom. The number of nitrogens with zero attached hydrogens (tertiary/aromatic N) is 2. The van der Waals surface area contributed by atoms with Gasteiger partial charge in [-0.15, -0.1) is 0 Å². The lowest BCUT2D eigenvalue weighted by atomic mass is 10.2. The summed E-state index contributed by atoms with van der Waals surface area (Å²) in [5.74, 6) is 1.73. The number of carbonyl (C=O) groups excluding carboxylic acids is 1. The molecule has 0 aliphatic rings. The third-order valence-electron chi connectivity index (χ3n) is 2.96. The molecule has 0 unspecified atom stereocenters. The fourth-order valence-corrected chi connectivity index (χ4v) is 2.05. The van der Waals surface area contributed by atoms with Crippen LogP contribution in [-0.2, 0) is 11.3 Å². The van der Waals surface area contributed by atoms with Gasteiger partial charge >= 0.3 is 0 Å². The van der Waals surface area contributed by atoms with Crippen LogP contribution in [0.1, 0.15) is 25.6 Å². The van der Waals surface area contributed by atoms with Gasteiger partial charge < -0.3 is 14.6 Å². The Morgan fingerprint density at radius 2 is 2.15 bits per heavy atom. The molecule has 1 aromatic heterocycles. The van der Waals surface area contributed by atoms with Gasteiger partial charge in [0.15, 0.2) is 0 Å². The van der Waals surface area contributed by atoms with E-state index in [9.17, 15) is 4.79 Å². The third kappa shape index (κ3) is 3.17. The maximum atomic E-state index is 12.1. The minimum Gasteiger partial charge on any atom is -0.495 e. The van der Waals surface area contributed by atoms with Crippen molar-refractivity contribution < 1.29 is 9.53 Å². The van der Waals surface area contributed by atoms with Crippen LogP contribution in [0.15, 0.2) is 36.7 Å². The molecule has 0 atom stereocenters. The highest BCUT2D eigenvalue weighted by Gasteiger charge is 2.12. The molecule has 0 fully saturated rings. The van der Waals surface area contributed by atoms with E-state index >= 15 is 0 Å². The number of rotatable bonds is 5. The van der Waals surface area contributed by atoms with Crippen LogP contribution in [0, 0.1) is 0 Å². The van der Waals surface area contributed by atoms with Gasteiger partial charge in [-0.1, -0.05) is 26.0 Å². The van der Waals surface area contributed by atoms with Crippen molar-refractivity contribution >= 4 is 11.6 Å². The highest BCUT2D eigenvalue weighted by molar-refractivity contribution is 5.92. The van der Waals surface area contributed by atoms with Gasteiger partial charge in [0.05, 0.1) is 12.8 Å². The molecule has 0 aliphatic carbocycles. The number of benzene rings is 1. The van der Waals surface area contributed by atoms with Crippen molar-refractivity contribution in [1.82, 2.24) is 9.55 Å². The van der Waals surface area contributed by atoms with Gasteiger partial charge in [0.2, 0.25) is 5.91 Å². The van der Waals surface area contributed by atoms with E-state index in [2.05, 4.69) is 24.1 Å². The molecule has 0 spiro atoms. The lowest BCUT2D eigenvalue weighted by Crippen LogP contribution is -2.20. The number of methoxy groups -OCH3 is 1. The summed E-state index contributed by atoms with van der Waals surface area (Å²) in [4.78, 5) is 16.4. The van der Waals surface area contributed by atoms with E-state index in [4.69, 9.17) is 4.74 Å². The molecule has 1 amide bonds. The van der Waals surface area contributed by atoms with Crippen molar-refractivity contribution in [1.29, 1.82) is 0 Å². The number of ether oxygens (including phenoxy) is 1. The molecule has 0 saturated heterocycles. The average Bonchev–Trinajstić information content (AvgIpc) is 2.87. The number of anilines is 1. The second-order valence-corrected chi connectivity index (χ2v) is 4.82. The topological polar surface area (TPSA) is 56.1 Å². The van der Waals surface area contributed by atoms with E-state index in [1.54, 1.807) is 13.3 Å². The molecule has 20 heavy (non-hydrogen) atoms. The predicted octanol–water partition coefficient (Wildman–Crippen LogP) is 2.65. The molecule has 1 aromatic carbocycles. The Hall–Kier alpha value is -2.30. The van der Waals surface area contributed by atoms with E-state index < -0.39 is 0 Å². The van der Waals surface area contributed by atoms with Crippen molar-refractivity contribution in [2.45, 2.75) is 26.3 Å². The molecule has 0 saturated carbocycles. The zero-order valence-corrected chi connectivity index (χ0v) is 12.0. The summed E-state index contributed by atoms with van der Waals surface area (Å²) in [5.41, 5.74) is 0.672. The molecule has 106 valence electrons. The van der Waals surface area contributed by atoms with E-state index in [0.29, 0.717) is 11.4 Å². The first kappa shape index (κ1) is 14.1. The first-order valence-corrected chi connectivity index (χ1v) is 6.55. The van der Waals surface area contributed by atoms with Gasteiger partial charge in [0.1, 0.15) is 18.1 Å². The molecule has 5 nitrogen and oxygen atoms in total. The largest absolute Gasteiger partial charge is 0.495 e. The SMILES string of the molecule is COc1ccccc1NC(=O)Cn1ccnc1C(C)C. The highest BCUT2D eigenvalue weighted by atomic mass is 16.5. The van der Waals surface area contributed by atoms with Gasteiger partial charge in [0.25, 0.3) is 0 Å². The minimum absolute atomic E-state index is 0.102. The molecular weight excluding hydrogens is 254 g/mol. The molecule has 2 rings (SSSR count). The van der Waals surface area contributed by atoms with Crippen LogP contribution in [0.2, 0.25) is 0 Å². The van der Waals surface area contributed by atoms with Crippen LogP contribution in [0.5, 0.6) is 5.75 Å². The van der Waals surface area contributed by atoms with Gasteiger partial charge in [-0.3, -0.25) is 4.79 Å². The van der Waals surface area contributed by atoms with Crippen molar-refractivity contribution in [2.24, 2.45) is 0 Å². The van der Waals surface area contributed by atoms with Gasteiger partial charge in [-0.2, -0.15) is 0 Å². The number of carbonyl (C=O) groups is 1. The van der Waals surface area contributed by atoms with Crippen molar-refractivity contribution in [3.05, 3.63) is 42.5 Å². The number of hydrogen-bond acceptors (Lipinski definition) is 3. The van der Waals surface area contributed by atoms with Crippen LogP contribution in [-0.4, -0.2) is 22.6 Å². The fourth-order valence-electron chi connectivity index (χ4n) is 2.05. The van der Waals surface area contributed by atoms with E-state index in [0.717, 1.165) is 5.82 Å². The first-order valence-electron chi connectivity index (χ1n) is 6.55. The van der Waals surface area contributed by atoms with Crippen molar-refractivity contribution in [2.75, 3.05) is 12.4 Å². The molecule has 2 aromatic rings. The second kappa shape index (κ2) is 6.23. The molecule has 5 heteroatoms. The van der Waals surface area contributed by atoms with E-state index in [1.807, 2.05) is 35.0 Å². The van der Waals surface area contributed by atoms with E-state index in [1.165, 1.54) is 0 Å². The van der Waals surface area contributed by atoms with Gasteiger partial charge in [0, 0.05) is 18.3 Å². The summed E-state index contributed by atoms with van der Waals surface area (Å²) >= 11 is 0.